The Morgan fingerprint density at radius 1 is 0.347 bits per heavy atom. The predicted molar refractivity (Wildman–Crippen MR) is 632 cm³/mol. The first-order valence-corrected chi connectivity index (χ1v) is 57.8. The Kier molecular flexibility index (Phi) is 98.9. The number of para-hydroxylation sites is 1. The van der Waals surface area contributed by atoms with Gasteiger partial charge >= 0.3 is 0 Å². The summed E-state index contributed by atoms with van der Waals surface area (Å²) >= 11 is 0. The van der Waals surface area contributed by atoms with E-state index in [1.165, 1.54) is 336 Å². The van der Waals surface area contributed by atoms with E-state index in [1.807, 2.05) is 97.1 Å². The molecule has 0 amide bonds. The van der Waals surface area contributed by atoms with E-state index in [0.717, 1.165) is 54.1 Å². The molecule has 144 heavy (non-hydrogen) atoms. The van der Waals surface area contributed by atoms with Gasteiger partial charge in [0.25, 0.3) is 0 Å². The molecule has 0 unspecified atom stereocenters. The fraction of sp³-hybridized carbons (Fsp3) is 0.720. The van der Waals surface area contributed by atoms with Crippen LogP contribution in [0.3, 0.4) is 0 Å². The molecular weight excluding hydrogens is 1770 g/mol. The van der Waals surface area contributed by atoms with Gasteiger partial charge < -0.3 is 49.4 Å². The Morgan fingerprint density at radius 2 is 0.701 bits per heavy atom. The van der Waals surface area contributed by atoms with Gasteiger partial charge in [0.05, 0.1) is 12.5 Å². The predicted octanol–water partition coefficient (Wildman–Crippen LogP) is 29.4. The van der Waals surface area contributed by atoms with Crippen molar-refractivity contribution >= 4 is 23.1 Å². The standard InChI is InChI=1S/C18H39N.C14H31N.C12H9NO.C12H21N.C11H10N2.C11H26N2.C8H17N.2C8H19N.C7H6N2.C7H7NO.C5H14N2.C4H11N/c1-4-7-10-13-16-19(17-14-11-8-5-2)18-15-12-9-6-3;1-4-5-6-7-8-9-10-11-12-13-14-15(2)3;14-12(10-4-2-1-3-5-10)11-6-8-13-9-7-11;1-13(2)12-6-9-3-10(7-12)5-11(4-9)8-12;1-2-6-10(7-3-1)13-11-8-4-5-9-12-11;1-5-12(6-2)10-9-11-13(7-3)8-4;1-9(2)8-6-4-3-5-7-8;1-4-5-6-7-8-9(2)3;1-4-7-8-9(5-2)6-3;8-4-3-7-2-1-5-9-6-7;1-6(9)7-2-4-8-5-3-7;1-6(2)5-7(3)4;1-4-5(2)3/h4-18H2,1-3H3;4-14H2,1-3H3;1-9H;9-11H,3-8H2,1-2H3;1-9H,(H,12,13);5-11H2,1-4H3;8H,3-7H2,1-2H3;2*4-8H2,1-3H3;1-2,5-6H,3H2;2-5H,1H3;5H2,1-4H3;4H2,1-3H3. The zero-order valence-electron chi connectivity index (χ0n) is 99.1. The van der Waals surface area contributed by atoms with Crippen molar-refractivity contribution in [3.8, 4) is 6.07 Å². The smallest absolute Gasteiger partial charge is 0.193 e. The second kappa shape index (κ2) is 101. The van der Waals surface area contributed by atoms with E-state index in [4.69, 9.17) is 5.26 Å². The van der Waals surface area contributed by atoms with Crippen LogP contribution in [0.25, 0.3) is 0 Å². The highest BCUT2D eigenvalue weighted by Gasteiger charge is 2.52. The van der Waals surface area contributed by atoms with E-state index in [0.29, 0.717) is 28.7 Å². The normalized spacial score (nSPS) is 15.1. The number of unbranched alkanes of at least 4 members (excludes halogenated alkanes) is 22. The highest BCUT2D eigenvalue weighted by molar-refractivity contribution is 6.08. The summed E-state index contributed by atoms with van der Waals surface area (Å²) in [6.45, 7) is 50.4. The summed E-state index contributed by atoms with van der Waals surface area (Å²) in [4.78, 5) is 64.1. The quantitative estimate of drug-likeness (QED) is 0.0218. The van der Waals surface area contributed by atoms with Crippen molar-refractivity contribution in [2.75, 3.05) is 209 Å². The number of aromatic nitrogens is 4. The third-order valence-corrected chi connectivity index (χ3v) is 27.1. The van der Waals surface area contributed by atoms with E-state index in [-0.39, 0.29) is 11.6 Å². The van der Waals surface area contributed by atoms with Crippen molar-refractivity contribution < 1.29 is 9.59 Å². The van der Waals surface area contributed by atoms with Crippen molar-refractivity contribution in [3.05, 3.63) is 181 Å². The summed E-state index contributed by atoms with van der Waals surface area (Å²) in [6.07, 6.45) is 69.1. The first-order chi connectivity index (χ1) is 69.5. The number of ketones is 2. The summed E-state index contributed by atoms with van der Waals surface area (Å²) in [5.41, 5.74) is 4.76. The Morgan fingerprint density at radius 3 is 1.01 bits per heavy atom. The second-order valence-electron chi connectivity index (χ2n) is 41.8. The van der Waals surface area contributed by atoms with Gasteiger partial charge in [0.15, 0.2) is 11.6 Å². The molecule has 4 bridgehead atoms. The largest absolute Gasteiger partial charge is 0.340 e. The number of Topliss-reactive ketones (excluding diaryl/α,β-unsaturated/α-hetero) is 1. The minimum absolute atomic E-state index is 0.0352. The van der Waals surface area contributed by atoms with Crippen molar-refractivity contribution in [2.24, 2.45) is 17.8 Å². The van der Waals surface area contributed by atoms with Crippen LogP contribution in [-0.2, 0) is 6.42 Å². The van der Waals surface area contributed by atoms with E-state index in [1.54, 1.807) is 86.9 Å². The van der Waals surface area contributed by atoms with Gasteiger partial charge in [0.1, 0.15) is 5.82 Å². The number of nitrogens with one attached hydrogen (secondary N) is 1. The first kappa shape index (κ1) is 141. The maximum Gasteiger partial charge on any atom is 0.193 e. The molecule has 0 radical (unpaired) electrons. The Bertz CT molecular complexity index is 3490. The van der Waals surface area contributed by atoms with Crippen LogP contribution in [0.5, 0.6) is 0 Å². The molecule has 19 heteroatoms. The van der Waals surface area contributed by atoms with Gasteiger partial charge in [-0.15, -0.1) is 0 Å². The molecule has 1 N–H and O–H groups in total. The van der Waals surface area contributed by atoms with Crippen LogP contribution >= 0.6 is 0 Å². The summed E-state index contributed by atoms with van der Waals surface area (Å²) in [7, 11) is 29.9. The molecule has 4 heterocycles. The Balaban J connectivity index is -0.00000151. The molecule has 4 aromatic heterocycles. The van der Waals surface area contributed by atoms with Gasteiger partial charge in [-0.3, -0.25) is 34.3 Å². The lowest BCUT2D eigenvalue weighted by atomic mass is 9.52. The average Bonchev–Trinajstić information content (AvgIpc) is 0.743. The van der Waals surface area contributed by atoms with Crippen LogP contribution in [-0.4, -0.2) is 300 Å². The topological polar surface area (TPSA) is 157 Å². The maximum absolute atomic E-state index is 11.8. The number of hydrogen-bond acceptors (Lipinski definition) is 19. The highest BCUT2D eigenvalue weighted by atomic mass is 16.1. The molecule has 5 aliphatic carbocycles. The number of hydrogen-bond donors (Lipinski definition) is 1. The molecule has 0 spiro atoms. The van der Waals surface area contributed by atoms with Crippen molar-refractivity contribution in [2.45, 2.75) is 372 Å². The number of nitrogens with zero attached hydrogens (tertiary/aromatic N) is 16. The van der Waals surface area contributed by atoms with Gasteiger partial charge in [-0.1, -0.05) is 311 Å². The van der Waals surface area contributed by atoms with Crippen LogP contribution in [0.4, 0.5) is 11.5 Å². The lowest BCUT2D eigenvalue weighted by Gasteiger charge is -2.59. The van der Waals surface area contributed by atoms with E-state index in [2.05, 4.69) is 268 Å². The molecule has 11 rings (SSSR count). The van der Waals surface area contributed by atoms with Gasteiger partial charge in [-0.05, 0) is 378 Å². The van der Waals surface area contributed by atoms with Gasteiger partial charge in [-0.25, -0.2) is 4.98 Å². The second-order valence-corrected chi connectivity index (χ2v) is 41.8. The van der Waals surface area contributed by atoms with Gasteiger partial charge in [0, 0.05) is 84.0 Å². The van der Waals surface area contributed by atoms with E-state index in [9.17, 15) is 9.59 Å². The van der Waals surface area contributed by atoms with E-state index >= 15 is 0 Å². The molecule has 2 aromatic carbocycles. The summed E-state index contributed by atoms with van der Waals surface area (Å²) in [5.74, 6) is 4.26. The zero-order chi connectivity index (χ0) is 108. The monoisotopic (exact) mass is 2000 g/mol. The molecule has 5 aliphatic rings. The number of rotatable bonds is 55. The highest BCUT2D eigenvalue weighted by Crippen LogP contribution is 2.57. The minimum atomic E-state index is 0.0352. The lowest BCUT2D eigenvalue weighted by Crippen LogP contribution is -2.57. The number of anilines is 2. The van der Waals surface area contributed by atoms with Crippen LogP contribution in [0.15, 0.2) is 159 Å². The SMILES string of the molecule is CC(=O)c1ccncc1.CCCCCCCCCCCCN(C)C.CCCCCCN(C)C.CCCCCCN(CCCCCC)CCCCCC.CCCCN(CC)CC.CCN(C)C.CCN(CC)CCCN(CC)CC.CN(C)C12CC3CC(CC(C3)C1)C2.CN(C)C1CCCCC1.CN(C)CN(C)C.N#CCc1cccnc1.O=C(c1ccccc1)c1ccncc1.c1ccc(Nc2ccccn2)cc1. The van der Waals surface area contributed by atoms with Crippen molar-refractivity contribution in [1.82, 2.24) is 73.8 Å². The third kappa shape index (κ3) is 85.1. The maximum atomic E-state index is 11.8. The Hall–Kier alpha value is -6.77. The molecule has 0 atom stereocenters. The van der Waals surface area contributed by atoms with Crippen molar-refractivity contribution in [3.63, 3.8) is 0 Å². The minimum Gasteiger partial charge on any atom is -0.340 e. The summed E-state index contributed by atoms with van der Waals surface area (Å²) in [6, 6.07) is 38.5. The number of nitriles is 1. The summed E-state index contributed by atoms with van der Waals surface area (Å²) in [5, 5.41) is 11.4. The molecule has 6 aromatic rings. The first-order valence-electron chi connectivity index (χ1n) is 57.8. The number of carbonyl (C=O) groups excluding carboxylic acids is 2. The molecule has 19 nitrogen and oxygen atoms in total. The van der Waals surface area contributed by atoms with Crippen LogP contribution in [0.1, 0.15) is 386 Å². The molecule has 826 valence electrons. The summed E-state index contributed by atoms with van der Waals surface area (Å²) < 4.78 is 0. The lowest BCUT2D eigenvalue weighted by molar-refractivity contribution is -0.0697. The van der Waals surface area contributed by atoms with Crippen LogP contribution < -0.4 is 5.32 Å². The van der Waals surface area contributed by atoms with Crippen molar-refractivity contribution in [1.29, 1.82) is 5.26 Å². The van der Waals surface area contributed by atoms with Crippen LogP contribution in [0.2, 0.25) is 0 Å². The molecular formula is C125H229N17O2. The van der Waals surface area contributed by atoms with Crippen LogP contribution in [0, 0.1) is 29.1 Å². The fourth-order valence-corrected chi connectivity index (χ4v) is 18.2. The average molecular weight is 2000 g/mol. The number of carbonyl (C=O) groups is 2. The molecule has 0 saturated heterocycles. The Labute approximate surface area is 891 Å². The zero-order valence-corrected chi connectivity index (χ0v) is 99.1. The van der Waals surface area contributed by atoms with E-state index < -0.39 is 0 Å². The van der Waals surface area contributed by atoms with Gasteiger partial charge in [0.2, 0.25) is 0 Å². The fourth-order valence-electron chi connectivity index (χ4n) is 18.2. The number of benzene rings is 2. The number of pyridine rings is 4. The van der Waals surface area contributed by atoms with Gasteiger partial charge in [-0.2, -0.15) is 5.26 Å². The molecule has 0 aliphatic heterocycles. The molecule has 5 fully saturated rings. The molecule has 5 saturated carbocycles. The third-order valence-electron chi connectivity index (χ3n) is 27.1.